The molecule has 1 aliphatic heterocycles. The molecule has 1 amide bonds. The lowest BCUT2D eigenvalue weighted by Gasteiger charge is -2.18. The zero-order valence-electron chi connectivity index (χ0n) is 13.1. The van der Waals surface area contributed by atoms with Crippen LogP contribution in [0, 0.1) is 5.92 Å². The highest BCUT2D eigenvalue weighted by Gasteiger charge is 2.33. The van der Waals surface area contributed by atoms with Crippen LogP contribution in [-0.2, 0) is 13.6 Å². The summed E-state index contributed by atoms with van der Waals surface area (Å²) < 4.78 is 1.68. The molecule has 0 saturated carbocycles. The van der Waals surface area contributed by atoms with E-state index in [9.17, 15) is 9.90 Å². The summed E-state index contributed by atoms with van der Waals surface area (Å²) >= 11 is 0. The number of aryl methyl sites for hydroxylation is 1. The van der Waals surface area contributed by atoms with Crippen molar-refractivity contribution in [2.45, 2.75) is 12.6 Å². The number of imidazole rings is 1. The van der Waals surface area contributed by atoms with Crippen LogP contribution in [0.1, 0.15) is 16.2 Å². The highest BCUT2D eigenvalue weighted by atomic mass is 16.3. The largest absolute Gasteiger partial charge is 0.396 e. The Morgan fingerprint density at radius 2 is 2.30 bits per heavy atom. The van der Waals surface area contributed by atoms with E-state index in [1.165, 1.54) is 0 Å². The van der Waals surface area contributed by atoms with E-state index in [1.807, 2.05) is 18.2 Å². The van der Waals surface area contributed by atoms with Crippen LogP contribution in [0.2, 0.25) is 0 Å². The number of hydrogen-bond acceptors (Lipinski definition) is 5. The molecule has 2 aromatic rings. The van der Waals surface area contributed by atoms with E-state index in [2.05, 4.69) is 20.2 Å². The Balaban J connectivity index is 1.63. The Labute approximate surface area is 135 Å². The Kier molecular flexibility index (Phi) is 4.68. The monoisotopic (exact) mass is 315 g/mol. The number of aliphatic hydroxyl groups is 1. The van der Waals surface area contributed by atoms with Crippen LogP contribution < -0.4 is 5.32 Å². The summed E-state index contributed by atoms with van der Waals surface area (Å²) in [7, 11) is 1.79. The molecule has 23 heavy (non-hydrogen) atoms. The molecule has 2 N–H and O–H groups in total. The summed E-state index contributed by atoms with van der Waals surface area (Å²) in [6.07, 6.45) is 4.92. The van der Waals surface area contributed by atoms with Gasteiger partial charge in [-0.05, 0) is 12.1 Å². The van der Waals surface area contributed by atoms with Crippen molar-refractivity contribution in [2.24, 2.45) is 13.0 Å². The third-order valence-corrected chi connectivity index (χ3v) is 4.23. The van der Waals surface area contributed by atoms with Gasteiger partial charge in [-0.15, -0.1) is 0 Å². The molecule has 2 atom stereocenters. The van der Waals surface area contributed by atoms with Gasteiger partial charge < -0.3 is 15.0 Å². The zero-order chi connectivity index (χ0) is 16.2. The number of amides is 1. The molecule has 0 unspecified atom stereocenters. The summed E-state index contributed by atoms with van der Waals surface area (Å²) in [6, 6.07) is 5.76. The fraction of sp³-hybridized carbons (Fsp3) is 0.438. The van der Waals surface area contributed by atoms with Crippen molar-refractivity contribution in [1.82, 2.24) is 24.8 Å². The van der Waals surface area contributed by atoms with Crippen LogP contribution in [0.5, 0.6) is 0 Å². The van der Waals surface area contributed by atoms with Crippen molar-refractivity contribution < 1.29 is 9.90 Å². The number of carbonyl (C=O) groups excluding carboxylic acids is 1. The lowest BCUT2D eigenvalue weighted by atomic mass is 10.1. The van der Waals surface area contributed by atoms with Gasteiger partial charge in [0, 0.05) is 51.4 Å². The Morgan fingerprint density at radius 1 is 1.43 bits per heavy atom. The van der Waals surface area contributed by atoms with E-state index >= 15 is 0 Å². The summed E-state index contributed by atoms with van der Waals surface area (Å²) in [5.74, 6) is -0.135. The number of likely N-dealkylation sites (tertiary alicyclic amines) is 1. The van der Waals surface area contributed by atoms with Crippen molar-refractivity contribution in [1.29, 1.82) is 0 Å². The van der Waals surface area contributed by atoms with Gasteiger partial charge in [0.05, 0.1) is 18.2 Å². The molecular weight excluding hydrogens is 294 g/mol. The molecule has 1 fully saturated rings. The molecule has 1 saturated heterocycles. The van der Waals surface area contributed by atoms with Gasteiger partial charge in [0.1, 0.15) is 5.69 Å². The van der Waals surface area contributed by atoms with Crippen LogP contribution in [-0.4, -0.2) is 56.2 Å². The van der Waals surface area contributed by atoms with Crippen molar-refractivity contribution in [3.05, 3.63) is 48.3 Å². The molecule has 3 rings (SSSR count). The molecule has 3 heterocycles. The molecule has 1 aliphatic rings. The third-order valence-electron chi connectivity index (χ3n) is 4.23. The first kappa shape index (κ1) is 15.6. The van der Waals surface area contributed by atoms with Crippen LogP contribution >= 0.6 is 0 Å². The molecule has 2 aromatic heterocycles. The molecule has 0 spiro atoms. The fourth-order valence-corrected chi connectivity index (χ4v) is 2.98. The molecule has 0 aromatic carbocycles. The maximum Gasteiger partial charge on any atom is 0.269 e. The number of aromatic nitrogens is 3. The minimum absolute atomic E-state index is 0.0240. The standard InChI is InChI=1S/C16H21N5O2/c1-20-11-17-6-15(20)16(23)19-14-9-21(7-12(14)10-22)8-13-4-2-3-5-18-13/h2-6,11-12,14,22H,7-10H2,1H3,(H,19,23)/t12-,14+/m0/s1. The maximum absolute atomic E-state index is 12.3. The second-order valence-electron chi connectivity index (χ2n) is 5.93. The van der Waals surface area contributed by atoms with Crippen molar-refractivity contribution in [2.75, 3.05) is 19.7 Å². The van der Waals surface area contributed by atoms with Gasteiger partial charge in [-0.1, -0.05) is 6.07 Å². The molecule has 0 aliphatic carbocycles. The number of carbonyl (C=O) groups is 1. The number of nitrogens with one attached hydrogen (secondary N) is 1. The Bertz CT molecular complexity index is 658. The van der Waals surface area contributed by atoms with E-state index in [1.54, 1.807) is 30.3 Å². The summed E-state index contributed by atoms with van der Waals surface area (Å²) in [4.78, 5) is 22.8. The van der Waals surface area contributed by atoms with E-state index in [0.717, 1.165) is 18.8 Å². The third kappa shape index (κ3) is 3.57. The van der Waals surface area contributed by atoms with E-state index in [-0.39, 0.29) is 24.5 Å². The smallest absolute Gasteiger partial charge is 0.269 e. The average Bonchev–Trinajstić information content (AvgIpc) is 3.14. The molecule has 7 nitrogen and oxygen atoms in total. The van der Waals surface area contributed by atoms with Crippen LogP contribution in [0.15, 0.2) is 36.9 Å². The highest BCUT2D eigenvalue weighted by molar-refractivity contribution is 5.92. The first-order valence-corrected chi connectivity index (χ1v) is 7.67. The maximum atomic E-state index is 12.3. The van der Waals surface area contributed by atoms with Crippen molar-refractivity contribution in [3.8, 4) is 0 Å². The topological polar surface area (TPSA) is 83.3 Å². The Hall–Kier alpha value is -2.25. The van der Waals surface area contributed by atoms with Gasteiger partial charge in [0.25, 0.3) is 5.91 Å². The quantitative estimate of drug-likeness (QED) is 0.814. The number of rotatable bonds is 5. The SMILES string of the molecule is Cn1cncc1C(=O)N[C@@H]1CN(Cc2ccccn2)C[C@H]1CO. The lowest BCUT2D eigenvalue weighted by molar-refractivity contribution is 0.0913. The van der Waals surface area contributed by atoms with Gasteiger partial charge in [-0.3, -0.25) is 14.7 Å². The van der Waals surface area contributed by atoms with Gasteiger partial charge >= 0.3 is 0 Å². The van der Waals surface area contributed by atoms with Gasteiger partial charge in [0.2, 0.25) is 0 Å². The molecule has 0 bridgehead atoms. The van der Waals surface area contributed by atoms with Crippen LogP contribution in [0.3, 0.4) is 0 Å². The van der Waals surface area contributed by atoms with Crippen LogP contribution in [0.4, 0.5) is 0 Å². The lowest BCUT2D eigenvalue weighted by Crippen LogP contribution is -2.42. The molecule has 122 valence electrons. The number of pyridine rings is 1. The zero-order valence-corrected chi connectivity index (χ0v) is 13.1. The van der Waals surface area contributed by atoms with Crippen molar-refractivity contribution >= 4 is 5.91 Å². The number of hydrogen-bond donors (Lipinski definition) is 2. The predicted molar refractivity (Wildman–Crippen MR) is 84.6 cm³/mol. The average molecular weight is 315 g/mol. The highest BCUT2D eigenvalue weighted by Crippen LogP contribution is 2.19. The number of aliphatic hydroxyl groups excluding tert-OH is 1. The minimum Gasteiger partial charge on any atom is -0.396 e. The summed E-state index contributed by atoms with van der Waals surface area (Å²) in [5.41, 5.74) is 1.51. The minimum atomic E-state index is -0.159. The van der Waals surface area contributed by atoms with E-state index in [0.29, 0.717) is 12.2 Å². The van der Waals surface area contributed by atoms with Crippen molar-refractivity contribution in [3.63, 3.8) is 0 Å². The van der Waals surface area contributed by atoms with E-state index < -0.39 is 0 Å². The fourth-order valence-electron chi connectivity index (χ4n) is 2.98. The van der Waals surface area contributed by atoms with Crippen LogP contribution in [0.25, 0.3) is 0 Å². The van der Waals surface area contributed by atoms with Gasteiger partial charge in [-0.25, -0.2) is 4.98 Å². The number of nitrogens with zero attached hydrogens (tertiary/aromatic N) is 4. The molecular formula is C16H21N5O2. The Morgan fingerprint density at radius 3 is 2.96 bits per heavy atom. The van der Waals surface area contributed by atoms with Gasteiger partial charge in [-0.2, -0.15) is 0 Å². The van der Waals surface area contributed by atoms with Gasteiger partial charge in [0.15, 0.2) is 0 Å². The summed E-state index contributed by atoms with van der Waals surface area (Å²) in [5, 5.41) is 12.6. The second-order valence-corrected chi connectivity index (χ2v) is 5.93. The van der Waals surface area contributed by atoms with E-state index in [4.69, 9.17) is 0 Å². The molecule has 7 heteroatoms. The second kappa shape index (κ2) is 6.89. The first-order chi connectivity index (χ1) is 11.2. The predicted octanol–water partition coefficient (Wildman–Crippen LogP) is 0.0378. The first-order valence-electron chi connectivity index (χ1n) is 7.67. The normalized spacial score (nSPS) is 21.5. The molecule has 0 radical (unpaired) electrons. The summed E-state index contributed by atoms with van der Waals surface area (Å²) in [6.45, 7) is 2.21.